The summed E-state index contributed by atoms with van der Waals surface area (Å²) in [6.45, 7) is -0.832. The fourth-order valence-electron chi connectivity index (χ4n) is 4.05. The van der Waals surface area contributed by atoms with Crippen LogP contribution in [0.1, 0.15) is 42.9 Å². The van der Waals surface area contributed by atoms with Crippen molar-refractivity contribution in [2.24, 2.45) is 5.41 Å². The van der Waals surface area contributed by atoms with E-state index in [9.17, 15) is 13.6 Å². The van der Waals surface area contributed by atoms with Crippen molar-refractivity contribution in [1.82, 2.24) is 10.6 Å². The number of methoxy groups -OCH3 is 1. The molecular formula is C19H26F2N2O3. The monoisotopic (exact) mass is 368 g/mol. The van der Waals surface area contributed by atoms with Crippen molar-refractivity contribution in [2.45, 2.75) is 44.8 Å². The Balaban J connectivity index is 1.75. The minimum Gasteiger partial charge on any atom is -0.435 e. The van der Waals surface area contributed by atoms with Gasteiger partial charge in [0.05, 0.1) is 18.1 Å². The van der Waals surface area contributed by atoms with Gasteiger partial charge in [-0.1, -0.05) is 6.07 Å². The van der Waals surface area contributed by atoms with Crippen molar-refractivity contribution >= 4 is 5.91 Å². The summed E-state index contributed by atoms with van der Waals surface area (Å²) in [5.74, 6) is 0.187. The van der Waals surface area contributed by atoms with Crippen LogP contribution in [0.2, 0.25) is 0 Å². The summed E-state index contributed by atoms with van der Waals surface area (Å²) in [6.07, 6.45) is 4.03. The molecule has 1 fully saturated rings. The first-order chi connectivity index (χ1) is 12.5. The Morgan fingerprint density at radius 2 is 2.15 bits per heavy atom. The normalized spacial score (nSPS) is 21.9. The lowest BCUT2D eigenvalue weighted by molar-refractivity contribution is -0.137. The topological polar surface area (TPSA) is 59.6 Å². The predicted molar refractivity (Wildman–Crippen MR) is 93.3 cm³/mol. The number of benzene rings is 1. The van der Waals surface area contributed by atoms with Crippen LogP contribution in [-0.4, -0.2) is 39.3 Å². The molecule has 0 spiro atoms. The third-order valence-electron chi connectivity index (χ3n) is 5.42. The molecule has 0 bridgehead atoms. The number of rotatable bonds is 6. The van der Waals surface area contributed by atoms with Gasteiger partial charge in [0.15, 0.2) is 0 Å². The van der Waals surface area contributed by atoms with Gasteiger partial charge in [0.1, 0.15) is 5.75 Å². The number of nitrogens with one attached hydrogen (secondary N) is 2. The van der Waals surface area contributed by atoms with E-state index in [4.69, 9.17) is 4.74 Å². The summed E-state index contributed by atoms with van der Waals surface area (Å²) in [7, 11) is 1.62. The zero-order chi connectivity index (χ0) is 18.6. The molecule has 26 heavy (non-hydrogen) atoms. The zero-order valence-electron chi connectivity index (χ0n) is 15.0. The molecule has 1 aromatic rings. The second kappa shape index (κ2) is 8.31. The smallest absolute Gasteiger partial charge is 0.387 e. The number of hydrogen-bond donors (Lipinski definition) is 2. The van der Waals surface area contributed by atoms with Crippen LogP contribution in [0.4, 0.5) is 8.78 Å². The third kappa shape index (κ3) is 4.15. The lowest BCUT2D eigenvalue weighted by Gasteiger charge is -2.37. The molecule has 0 radical (unpaired) electrons. The highest BCUT2D eigenvalue weighted by Crippen LogP contribution is 2.35. The molecule has 1 unspecified atom stereocenters. The average Bonchev–Trinajstić information content (AvgIpc) is 2.62. The minimum absolute atomic E-state index is 0.0200. The Labute approximate surface area is 152 Å². The number of hydrogen-bond acceptors (Lipinski definition) is 4. The second-order valence-corrected chi connectivity index (χ2v) is 7.12. The van der Waals surface area contributed by atoms with Crippen molar-refractivity contribution in [2.75, 3.05) is 26.8 Å². The number of alkyl halides is 2. The molecule has 1 aromatic carbocycles. The summed E-state index contributed by atoms with van der Waals surface area (Å²) < 4.78 is 34.7. The summed E-state index contributed by atoms with van der Waals surface area (Å²) in [5, 5.41) is 6.48. The maximum Gasteiger partial charge on any atom is 0.387 e. The molecule has 2 aliphatic rings. The molecule has 1 amide bonds. The molecule has 7 heteroatoms. The molecule has 1 saturated heterocycles. The first-order valence-corrected chi connectivity index (χ1v) is 9.12. The maximum atomic E-state index is 13.1. The predicted octanol–water partition coefficient (Wildman–Crippen LogP) is 2.80. The van der Waals surface area contributed by atoms with E-state index >= 15 is 0 Å². The number of piperidine rings is 1. The van der Waals surface area contributed by atoms with Crippen LogP contribution in [0.25, 0.3) is 0 Å². The Morgan fingerprint density at radius 3 is 2.85 bits per heavy atom. The second-order valence-electron chi connectivity index (χ2n) is 7.12. The standard InChI is InChI=1S/C19H26F2N2O3/c1-25-12-19(7-9-22-10-8-19)17(24)23-16-4-2-3-13-11-14(26-18(20)21)5-6-15(13)16/h5-6,11,16,18,22H,2-4,7-10,12H2,1H3,(H,23,24). The van der Waals surface area contributed by atoms with E-state index in [0.717, 1.165) is 56.3 Å². The molecule has 0 saturated carbocycles. The highest BCUT2D eigenvalue weighted by atomic mass is 19.3. The third-order valence-corrected chi connectivity index (χ3v) is 5.42. The van der Waals surface area contributed by atoms with Crippen LogP contribution < -0.4 is 15.4 Å². The fourth-order valence-corrected chi connectivity index (χ4v) is 4.05. The molecule has 3 rings (SSSR count). The Hall–Kier alpha value is -1.73. The van der Waals surface area contributed by atoms with E-state index in [1.54, 1.807) is 25.3 Å². The van der Waals surface area contributed by atoms with Gasteiger partial charge in [-0.2, -0.15) is 8.78 Å². The molecule has 5 nitrogen and oxygen atoms in total. The van der Waals surface area contributed by atoms with Gasteiger partial charge in [-0.05, 0) is 68.5 Å². The highest BCUT2D eigenvalue weighted by Gasteiger charge is 2.40. The Kier molecular flexibility index (Phi) is 6.09. The highest BCUT2D eigenvalue weighted by molar-refractivity contribution is 5.83. The number of halogens is 2. The SMILES string of the molecule is COCC1(C(=O)NC2CCCc3cc(OC(F)F)ccc32)CCNCC1. The van der Waals surface area contributed by atoms with Crippen LogP contribution >= 0.6 is 0 Å². The van der Waals surface area contributed by atoms with Crippen LogP contribution in [-0.2, 0) is 16.0 Å². The summed E-state index contributed by atoms with van der Waals surface area (Å²) in [6, 6.07) is 4.90. The molecule has 1 atom stereocenters. The average molecular weight is 368 g/mol. The Morgan fingerprint density at radius 1 is 1.38 bits per heavy atom. The Bertz CT molecular complexity index is 628. The fraction of sp³-hybridized carbons (Fsp3) is 0.632. The van der Waals surface area contributed by atoms with Crippen LogP contribution in [0.3, 0.4) is 0 Å². The van der Waals surface area contributed by atoms with E-state index in [2.05, 4.69) is 15.4 Å². The summed E-state index contributed by atoms with van der Waals surface area (Å²) >= 11 is 0. The number of carbonyl (C=O) groups excluding carboxylic acids is 1. The summed E-state index contributed by atoms with van der Waals surface area (Å²) in [4.78, 5) is 13.1. The van der Waals surface area contributed by atoms with Gasteiger partial charge in [-0.3, -0.25) is 4.79 Å². The first-order valence-electron chi connectivity index (χ1n) is 9.12. The number of ether oxygens (including phenoxy) is 2. The van der Waals surface area contributed by atoms with Crippen molar-refractivity contribution < 1.29 is 23.0 Å². The molecule has 1 heterocycles. The van der Waals surface area contributed by atoms with Crippen LogP contribution in [0, 0.1) is 5.41 Å². The van der Waals surface area contributed by atoms with Gasteiger partial charge in [-0.15, -0.1) is 0 Å². The van der Waals surface area contributed by atoms with Crippen molar-refractivity contribution in [3.05, 3.63) is 29.3 Å². The first kappa shape index (κ1) is 19.0. The lowest BCUT2D eigenvalue weighted by Crippen LogP contribution is -2.51. The van der Waals surface area contributed by atoms with Gasteiger partial charge < -0.3 is 20.1 Å². The van der Waals surface area contributed by atoms with Crippen molar-refractivity contribution in [1.29, 1.82) is 0 Å². The van der Waals surface area contributed by atoms with E-state index in [0.29, 0.717) is 6.61 Å². The van der Waals surface area contributed by atoms with Crippen molar-refractivity contribution in [3.8, 4) is 5.75 Å². The summed E-state index contributed by atoms with van der Waals surface area (Å²) in [5.41, 5.74) is 1.45. The van der Waals surface area contributed by atoms with Gasteiger partial charge in [0, 0.05) is 7.11 Å². The number of amides is 1. The molecule has 2 N–H and O–H groups in total. The maximum absolute atomic E-state index is 13.1. The molecule has 1 aliphatic heterocycles. The quantitative estimate of drug-likeness (QED) is 0.811. The van der Waals surface area contributed by atoms with Gasteiger partial charge in [0.25, 0.3) is 0 Å². The van der Waals surface area contributed by atoms with E-state index < -0.39 is 12.0 Å². The molecule has 144 valence electrons. The van der Waals surface area contributed by atoms with E-state index in [1.807, 2.05) is 0 Å². The van der Waals surface area contributed by atoms with Gasteiger partial charge in [0.2, 0.25) is 5.91 Å². The molecule has 1 aliphatic carbocycles. The lowest BCUT2D eigenvalue weighted by atomic mass is 9.78. The van der Waals surface area contributed by atoms with Crippen molar-refractivity contribution in [3.63, 3.8) is 0 Å². The van der Waals surface area contributed by atoms with E-state index in [1.165, 1.54) is 0 Å². The largest absolute Gasteiger partial charge is 0.435 e. The zero-order valence-corrected chi connectivity index (χ0v) is 15.0. The number of fused-ring (bicyclic) bond motifs is 1. The molecule has 0 aromatic heterocycles. The van der Waals surface area contributed by atoms with Gasteiger partial charge >= 0.3 is 6.61 Å². The van der Waals surface area contributed by atoms with Gasteiger partial charge in [-0.25, -0.2) is 0 Å². The number of aryl methyl sites for hydroxylation is 1. The van der Waals surface area contributed by atoms with E-state index in [-0.39, 0.29) is 17.7 Å². The van der Waals surface area contributed by atoms with Crippen LogP contribution in [0.15, 0.2) is 18.2 Å². The number of carbonyl (C=O) groups is 1. The minimum atomic E-state index is -2.83. The van der Waals surface area contributed by atoms with Crippen LogP contribution in [0.5, 0.6) is 5.75 Å². The molecular weight excluding hydrogens is 342 g/mol.